The third-order valence-corrected chi connectivity index (χ3v) is 10.2. The fourth-order valence-electron chi connectivity index (χ4n) is 3.21. The molecular formula is C22H14O2S5. The Morgan fingerprint density at radius 2 is 1.48 bits per heavy atom. The number of thioether (sulfide) groups is 1. The first kappa shape index (κ1) is 19.2. The molecule has 0 radical (unpaired) electrons. The summed E-state index contributed by atoms with van der Waals surface area (Å²) in [6.07, 6.45) is 0. The summed E-state index contributed by atoms with van der Waals surface area (Å²) in [7, 11) is 0. The first-order chi connectivity index (χ1) is 14.0. The van der Waals surface area contributed by atoms with Gasteiger partial charge < -0.3 is 0 Å². The highest BCUT2D eigenvalue weighted by Gasteiger charge is 2.27. The molecule has 4 aromatic heterocycles. The Morgan fingerprint density at radius 1 is 0.793 bits per heavy atom. The first-order valence-corrected chi connectivity index (χ1v) is 12.9. The minimum atomic E-state index is -0.00211. The van der Waals surface area contributed by atoms with Crippen molar-refractivity contribution in [3.63, 3.8) is 0 Å². The van der Waals surface area contributed by atoms with Crippen LogP contribution in [0.15, 0.2) is 52.7 Å². The summed E-state index contributed by atoms with van der Waals surface area (Å²) in [6, 6.07) is 15.9. The zero-order valence-electron chi connectivity index (χ0n) is 15.5. The van der Waals surface area contributed by atoms with Crippen LogP contribution in [0.4, 0.5) is 0 Å². The molecule has 4 heterocycles. The van der Waals surface area contributed by atoms with Crippen molar-refractivity contribution in [3.05, 3.63) is 73.6 Å². The average molecular weight is 471 g/mol. The SMILES string of the molecule is Cc1ccc(C(=O)Sc2sc3sc4ccccc4c3c2C(=O)c2ccc(C)s2)s1. The monoisotopic (exact) mass is 470 g/mol. The number of aryl methyl sites for hydroxylation is 2. The lowest BCUT2D eigenvalue weighted by Crippen LogP contribution is -2.00. The molecule has 0 aliphatic rings. The van der Waals surface area contributed by atoms with Gasteiger partial charge in [-0.2, -0.15) is 0 Å². The molecule has 0 aliphatic carbocycles. The molecule has 0 aliphatic heterocycles. The van der Waals surface area contributed by atoms with Crippen molar-refractivity contribution in [2.45, 2.75) is 18.1 Å². The second kappa shape index (κ2) is 7.49. The molecule has 144 valence electrons. The van der Waals surface area contributed by atoms with E-state index in [2.05, 4.69) is 12.1 Å². The first-order valence-electron chi connectivity index (χ1n) is 8.85. The minimum absolute atomic E-state index is 0.00211. The summed E-state index contributed by atoms with van der Waals surface area (Å²) < 4.78 is 3.06. The van der Waals surface area contributed by atoms with E-state index in [-0.39, 0.29) is 10.9 Å². The largest absolute Gasteiger partial charge is 0.288 e. The Morgan fingerprint density at radius 3 is 2.17 bits per heavy atom. The Balaban J connectivity index is 1.68. The number of carbonyl (C=O) groups excluding carboxylic acids is 2. The Bertz CT molecular complexity index is 1400. The van der Waals surface area contributed by atoms with Crippen molar-refractivity contribution in [2.75, 3.05) is 0 Å². The predicted octanol–water partition coefficient (Wildman–Crippen LogP) is 8.02. The fourth-order valence-corrected chi connectivity index (χ4v) is 8.81. The number of rotatable bonds is 4. The van der Waals surface area contributed by atoms with E-state index in [1.165, 1.54) is 39.1 Å². The Labute approximate surface area is 187 Å². The summed E-state index contributed by atoms with van der Waals surface area (Å²) in [5.41, 5.74) is 0.677. The molecule has 0 N–H and O–H groups in total. The molecule has 2 nitrogen and oxygen atoms in total. The van der Waals surface area contributed by atoms with Crippen molar-refractivity contribution < 1.29 is 9.59 Å². The van der Waals surface area contributed by atoms with Crippen LogP contribution in [-0.2, 0) is 0 Å². The highest BCUT2D eigenvalue weighted by Crippen LogP contribution is 2.48. The maximum atomic E-state index is 13.5. The fraction of sp³-hybridized carbons (Fsp3) is 0.0909. The summed E-state index contributed by atoms with van der Waals surface area (Å²) >= 11 is 7.43. The van der Waals surface area contributed by atoms with E-state index in [0.29, 0.717) is 5.56 Å². The van der Waals surface area contributed by atoms with Gasteiger partial charge >= 0.3 is 0 Å². The lowest BCUT2D eigenvalue weighted by atomic mass is 10.1. The molecular weight excluding hydrogens is 457 g/mol. The average Bonchev–Trinajstić information content (AvgIpc) is 3.45. The quantitative estimate of drug-likeness (QED) is 0.197. The van der Waals surface area contributed by atoms with Crippen LogP contribution in [-0.4, -0.2) is 10.9 Å². The molecule has 5 rings (SSSR count). The van der Waals surface area contributed by atoms with Gasteiger partial charge in [0.05, 0.1) is 23.5 Å². The van der Waals surface area contributed by atoms with Crippen molar-refractivity contribution >= 4 is 87.5 Å². The van der Waals surface area contributed by atoms with Crippen LogP contribution >= 0.6 is 57.1 Å². The summed E-state index contributed by atoms with van der Waals surface area (Å²) in [6.45, 7) is 4.00. The van der Waals surface area contributed by atoms with Crippen molar-refractivity contribution in [1.29, 1.82) is 0 Å². The Kier molecular flexibility index (Phi) is 4.96. The van der Waals surface area contributed by atoms with Gasteiger partial charge in [-0.15, -0.1) is 45.3 Å². The van der Waals surface area contributed by atoms with Crippen LogP contribution in [0.3, 0.4) is 0 Å². The van der Waals surface area contributed by atoms with Crippen LogP contribution in [0, 0.1) is 13.8 Å². The predicted molar refractivity (Wildman–Crippen MR) is 129 cm³/mol. The van der Waals surface area contributed by atoms with Gasteiger partial charge in [-0.3, -0.25) is 9.59 Å². The topological polar surface area (TPSA) is 34.1 Å². The van der Waals surface area contributed by atoms with Crippen LogP contribution in [0.2, 0.25) is 0 Å². The lowest BCUT2D eigenvalue weighted by molar-refractivity contribution is 0.104. The van der Waals surface area contributed by atoms with Crippen molar-refractivity contribution in [3.8, 4) is 0 Å². The van der Waals surface area contributed by atoms with E-state index >= 15 is 0 Å². The molecule has 0 saturated carbocycles. The van der Waals surface area contributed by atoms with Crippen LogP contribution < -0.4 is 0 Å². The normalized spacial score (nSPS) is 11.5. The van der Waals surface area contributed by atoms with Crippen molar-refractivity contribution in [1.82, 2.24) is 0 Å². The molecule has 0 bridgehead atoms. The van der Waals surface area contributed by atoms with Gasteiger partial charge in [-0.05, 0) is 55.9 Å². The maximum absolute atomic E-state index is 13.5. The Hall–Kier alpha value is -1.77. The minimum Gasteiger partial charge on any atom is -0.288 e. The smallest absolute Gasteiger partial charge is 0.234 e. The van der Waals surface area contributed by atoms with Crippen LogP contribution in [0.1, 0.15) is 34.7 Å². The number of thiophene rings is 4. The molecule has 1 aromatic carbocycles. The van der Waals surface area contributed by atoms with E-state index < -0.39 is 0 Å². The van der Waals surface area contributed by atoms with E-state index in [1.54, 1.807) is 22.7 Å². The number of fused-ring (bicyclic) bond motifs is 3. The van der Waals surface area contributed by atoms with Gasteiger partial charge in [-0.1, -0.05) is 18.2 Å². The van der Waals surface area contributed by atoms with Gasteiger partial charge in [0.25, 0.3) is 0 Å². The second-order valence-corrected chi connectivity index (χ2v) is 12.7. The third kappa shape index (κ3) is 3.41. The number of benzene rings is 1. The second-order valence-electron chi connectivity index (χ2n) is 6.56. The molecule has 0 spiro atoms. The van der Waals surface area contributed by atoms with Gasteiger partial charge in [0, 0.05) is 25.2 Å². The third-order valence-electron chi connectivity index (χ3n) is 4.52. The van der Waals surface area contributed by atoms with Gasteiger partial charge in [0.15, 0.2) is 0 Å². The van der Waals surface area contributed by atoms with Gasteiger partial charge in [0.2, 0.25) is 10.9 Å². The van der Waals surface area contributed by atoms with Gasteiger partial charge in [0.1, 0.15) is 0 Å². The van der Waals surface area contributed by atoms with Gasteiger partial charge in [-0.25, -0.2) is 0 Å². The molecule has 0 saturated heterocycles. The van der Waals surface area contributed by atoms with E-state index in [1.807, 2.05) is 50.2 Å². The zero-order chi connectivity index (χ0) is 20.1. The molecule has 5 aromatic rings. The molecule has 0 amide bonds. The maximum Gasteiger partial charge on any atom is 0.234 e. The highest BCUT2D eigenvalue weighted by molar-refractivity contribution is 8.16. The molecule has 29 heavy (non-hydrogen) atoms. The number of carbonyl (C=O) groups is 2. The van der Waals surface area contributed by atoms with E-state index in [0.717, 1.165) is 38.5 Å². The van der Waals surface area contributed by atoms with Crippen molar-refractivity contribution in [2.24, 2.45) is 0 Å². The lowest BCUT2D eigenvalue weighted by Gasteiger charge is -2.02. The molecule has 0 atom stereocenters. The number of ketones is 1. The molecule has 0 unspecified atom stereocenters. The zero-order valence-corrected chi connectivity index (χ0v) is 19.6. The standard InChI is InChI=1S/C22H14O2S5/c1-11-7-9-15(25-11)19(23)18-17-13-5-3-4-6-14(13)27-21(17)29-22(18)28-20(24)16-10-8-12(2)26-16/h3-10H,1-2H3. The summed E-state index contributed by atoms with van der Waals surface area (Å²) in [5.74, 6) is 0.00978. The van der Waals surface area contributed by atoms with E-state index in [4.69, 9.17) is 0 Å². The summed E-state index contributed by atoms with van der Waals surface area (Å²) in [4.78, 5) is 30.1. The molecule has 0 fully saturated rings. The van der Waals surface area contributed by atoms with Crippen LogP contribution in [0.5, 0.6) is 0 Å². The van der Waals surface area contributed by atoms with E-state index in [9.17, 15) is 9.59 Å². The highest BCUT2D eigenvalue weighted by atomic mass is 32.2. The number of hydrogen-bond donors (Lipinski definition) is 0. The van der Waals surface area contributed by atoms with Crippen LogP contribution in [0.25, 0.3) is 19.5 Å². The summed E-state index contributed by atoms with van der Waals surface area (Å²) in [5, 5.41) is 2.08. The number of hydrogen-bond acceptors (Lipinski definition) is 7. The molecule has 7 heteroatoms.